The lowest BCUT2D eigenvalue weighted by Crippen LogP contribution is -2.65. The van der Waals surface area contributed by atoms with Gasteiger partial charge in [0.25, 0.3) is 0 Å². The summed E-state index contributed by atoms with van der Waals surface area (Å²) in [6.45, 7) is 0.840. The normalized spacial score (nSPS) is 44.6. The molecule has 1 spiro atoms. The van der Waals surface area contributed by atoms with Crippen LogP contribution in [0.3, 0.4) is 0 Å². The summed E-state index contributed by atoms with van der Waals surface area (Å²) in [5, 5.41) is 31.6. The number of piperidine rings is 1. The van der Waals surface area contributed by atoms with Crippen molar-refractivity contribution in [3.63, 3.8) is 0 Å². The molecule has 2 heterocycles. The van der Waals surface area contributed by atoms with E-state index >= 15 is 0 Å². The van der Waals surface area contributed by atoms with Crippen molar-refractivity contribution in [2.24, 2.45) is 5.92 Å². The third kappa shape index (κ3) is 1.20. The molecule has 2 aliphatic carbocycles. The molecule has 5 heteroatoms. The standard InChI is InChI=1S/C17H19NO4/c1-18-7-6-17-9-3-5-11(20)16(17)22-15-10(19)4-2-8(12(15)17)14(21)13(9)18/h2-5,9,11,13-14,16,19-21H,6-7H2,1H3/t9-,11-,13-,14-,16-,17-/m0/s1. The first-order chi connectivity index (χ1) is 10.6. The van der Waals surface area contributed by atoms with Crippen LogP contribution in [0.25, 0.3) is 0 Å². The molecule has 116 valence electrons. The lowest BCUT2D eigenvalue weighted by Gasteiger charge is -2.57. The topological polar surface area (TPSA) is 73.2 Å². The lowest BCUT2D eigenvalue weighted by atomic mass is 9.52. The predicted octanol–water partition coefficient (Wildman–Crippen LogP) is 0.689. The molecule has 0 radical (unpaired) electrons. The van der Waals surface area contributed by atoms with Gasteiger partial charge in [-0.15, -0.1) is 0 Å². The van der Waals surface area contributed by atoms with Crippen molar-refractivity contribution in [1.29, 1.82) is 0 Å². The molecule has 0 unspecified atom stereocenters. The number of benzene rings is 1. The zero-order valence-electron chi connectivity index (χ0n) is 12.3. The van der Waals surface area contributed by atoms with Crippen LogP contribution in [0.1, 0.15) is 23.7 Å². The average Bonchev–Trinajstić information content (AvgIpc) is 2.85. The van der Waals surface area contributed by atoms with Crippen molar-refractivity contribution in [1.82, 2.24) is 4.90 Å². The lowest BCUT2D eigenvalue weighted by molar-refractivity contribution is -0.0823. The fourth-order valence-electron chi connectivity index (χ4n) is 5.30. The van der Waals surface area contributed by atoms with Crippen LogP contribution >= 0.6 is 0 Å². The molecule has 4 aliphatic rings. The third-order valence-corrected chi connectivity index (χ3v) is 6.20. The second-order valence-corrected chi connectivity index (χ2v) is 7.02. The van der Waals surface area contributed by atoms with Crippen molar-refractivity contribution < 1.29 is 20.1 Å². The van der Waals surface area contributed by atoms with Crippen molar-refractivity contribution in [2.75, 3.05) is 13.6 Å². The van der Waals surface area contributed by atoms with Crippen LogP contribution in [0, 0.1) is 5.92 Å². The summed E-state index contributed by atoms with van der Waals surface area (Å²) in [6.07, 6.45) is 2.99. The molecule has 6 atom stereocenters. The molecular weight excluding hydrogens is 282 g/mol. The van der Waals surface area contributed by atoms with E-state index in [0.717, 1.165) is 24.1 Å². The summed E-state index contributed by atoms with van der Waals surface area (Å²) in [4.78, 5) is 2.20. The van der Waals surface area contributed by atoms with Crippen LogP contribution in [-0.4, -0.2) is 52.1 Å². The molecule has 1 aromatic carbocycles. The Balaban J connectivity index is 1.87. The second kappa shape index (κ2) is 3.85. The molecule has 0 aromatic heterocycles. The van der Waals surface area contributed by atoms with Crippen LogP contribution in [0.5, 0.6) is 11.5 Å². The maximum absolute atomic E-state index is 10.9. The first kappa shape index (κ1) is 12.9. The molecule has 3 N–H and O–H groups in total. The SMILES string of the molecule is CN1CC[C@]23c4c5ccc(O)c4O[C@H]2[C@@H](O)C=C[C@H]3[C@H]1[C@H]5O. The Morgan fingerprint density at radius 2 is 2.09 bits per heavy atom. The van der Waals surface area contributed by atoms with Gasteiger partial charge >= 0.3 is 0 Å². The van der Waals surface area contributed by atoms with E-state index in [-0.39, 0.29) is 29.2 Å². The third-order valence-electron chi connectivity index (χ3n) is 6.20. The Labute approximate surface area is 128 Å². The molecule has 2 bridgehead atoms. The molecule has 5 rings (SSSR count). The highest BCUT2D eigenvalue weighted by molar-refractivity contribution is 5.62. The number of likely N-dealkylation sites (N-methyl/N-ethyl adjacent to an activating group) is 1. The maximum Gasteiger partial charge on any atom is 0.165 e. The van der Waals surface area contributed by atoms with Gasteiger partial charge in [-0.25, -0.2) is 0 Å². The van der Waals surface area contributed by atoms with Gasteiger partial charge in [-0.1, -0.05) is 18.2 Å². The first-order valence-corrected chi connectivity index (χ1v) is 7.83. The molecular formula is C17H19NO4. The van der Waals surface area contributed by atoms with Crippen molar-refractivity contribution in [3.05, 3.63) is 35.4 Å². The zero-order chi connectivity index (χ0) is 15.2. The second-order valence-electron chi connectivity index (χ2n) is 7.02. The minimum Gasteiger partial charge on any atom is -0.504 e. The van der Waals surface area contributed by atoms with Crippen LogP contribution in [0.15, 0.2) is 24.3 Å². The monoisotopic (exact) mass is 301 g/mol. The highest BCUT2D eigenvalue weighted by Gasteiger charge is 2.66. The van der Waals surface area contributed by atoms with E-state index in [1.807, 2.05) is 13.1 Å². The number of ether oxygens (including phenoxy) is 1. The summed E-state index contributed by atoms with van der Waals surface area (Å²) < 4.78 is 6.02. The molecule has 0 saturated carbocycles. The highest BCUT2D eigenvalue weighted by atomic mass is 16.5. The first-order valence-electron chi connectivity index (χ1n) is 7.83. The van der Waals surface area contributed by atoms with Crippen molar-refractivity contribution >= 4 is 0 Å². The van der Waals surface area contributed by atoms with Gasteiger partial charge in [0.05, 0.1) is 6.10 Å². The summed E-state index contributed by atoms with van der Waals surface area (Å²) in [5.74, 6) is 0.639. The summed E-state index contributed by atoms with van der Waals surface area (Å²) in [5.41, 5.74) is 1.42. The number of phenolic OH excluding ortho intramolecular Hbond substituents is 1. The largest absolute Gasteiger partial charge is 0.504 e. The van der Waals surface area contributed by atoms with Crippen LogP contribution < -0.4 is 4.74 Å². The predicted molar refractivity (Wildman–Crippen MR) is 78.8 cm³/mol. The number of hydrogen-bond donors (Lipinski definition) is 3. The summed E-state index contributed by atoms with van der Waals surface area (Å²) >= 11 is 0. The number of phenols is 1. The van der Waals surface area contributed by atoms with Crippen molar-refractivity contribution in [3.8, 4) is 11.5 Å². The van der Waals surface area contributed by atoms with Crippen LogP contribution in [-0.2, 0) is 5.41 Å². The van der Waals surface area contributed by atoms with Gasteiger partial charge in [0.2, 0.25) is 0 Å². The number of nitrogens with zero attached hydrogens (tertiary/aromatic N) is 1. The molecule has 1 fully saturated rings. The zero-order valence-corrected chi connectivity index (χ0v) is 12.3. The number of aliphatic hydroxyl groups is 2. The Morgan fingerprint density at radius 1 is 1.27 bits per heavy atom. The van der Waals surface area contributed by atoms with Crippen LogP contribution in [0.4, 0.5) is 0 Å². The molecule has 22 heavy (non-hydrogen) atoms. The van der Waals surface area contributed by atoms with E-state index < -0.39 is 12.2 Å². The number of aliphatic hydroxyl groups excluding tert-OH is 2. The molecule has 5 nitrogen and oxygen atoms in total. The van der Waals surface area contributed by atoms with Gasteiger partial charge < -0.3 is 20.1 Å². The Kier molecular flexibility index (Phi) is 2.26. The molecule has 2 aliphatic heterocycles. The fraction of sp³-hybridized carbons (Fsp3) is 0.529. The highest BCUT2D eigenvalue weighted by Crippen LogP contribution is 2.64. The molecule has 1 saturated heterocycles. The van der Waals surface area contributed by atoms with Gasteiger partial charge in [-0.05, 0) is 31.6 Å². The van der Waals surface area contributed by atoms with Gasteiger partial charge in [-0.3, -0.25) is 4.90 Å². The van der Waals surface area contributed by atoms with E-state index in [1.54, 1.807) is 18.2 Å². The van der Waals surface area contributed by atoms with Gasteiger partial charge in [-0.2, -0.15) is 0 Å². The Bertz CT molecular complexity index is 702. The number of likely N-dealkylation sites (tertiary alicyclic amines) is 1. The number of hydrogen-bond acceptors (Lipinski definition) is 5. The van der Waals surface area contributed by atoms with E-state index in [4.69, 9.17) is 4.74 Å². The van der Waals surface area contributed by atoms with E-state index in [1.165, 1.54) is 0 Å². The molecule has 0 amide bonds. The van der Waals surface area contributed by atoms with Gasteiger partial charge in [0.1, 0.15) is 12.2 Å². The van der Waals surface area contributed by atoms with E-state index in [9.17, 15) is 15.3 Å². The van der Waals surface area contributed by atoms with E-state index in [2.05, 4.69) is 4.90 Å². The Hall–Kier alpha value is -1.56. The van der Waals surface area contributed by atoms with E-state index in [0.29, 0.717) is 5.75 Å². The molecule has 1 aromatic rings. The van der Waals surface area contributed by atoms with Crippen LogP contribution in [0.2, 0.25) is 0 Å². The van der Waals surface area contributed by atoms with Crippen molar-refractivity contribution in [2.45, 2.75) is 36.2 Å². The minimum atomic E-state index is -0.685. The minimum absolute atomic E-state index is 0.0217. The Morgan fingerprint density at radius 3 is 2.91 bits per heavy atom. The van der Waals surface area contributed by atoms with Gasteiger partial charge in [0, 0.05) is 22.9 Å². The number of rotatable bonds is 0. The summed E-state index contributed by atoms with van der Waals surface area (Å²) in [6, 6.07) is 3.37. The average molecular weight is 301 g/mol. The van der Waals surface area contributed by atoms with Gasteiger partial charge in [0.15, 0.2) is 11.5 Å². The quantitative estimate of drug-likeness (QED) is 0.615. The summed E-state index contributed by atoms with van der Waals surface area (Å²) in [7, 11) is 2.04. The maximum atomic E-state index is 10.9. The fourth-order valence-corrected chi connectivity index (χ4v) is 5.30. The number of aromatic hydroxyl groups is 1. The smallest absolute Gasteiger partial charge is 0.165 e.